The SMILES string of the molecule is CC(CSSN)CN(C)C. The molecule has 1 unspecified atom stereocenters. The summed E-state index contributed by atoms with van der Waals surface area (Å²) in [6.07, 6.45) is 0. The highest BCUT2D eigenvalue weighted by Crippen LogP contribution is 2.17. The minimum absolute atomic E-state index is 0.732. The number of hydrogen-bond acceptors (Lipinski definition) is 4. The van der Waals surface area contributed by atoms with Gasteiger partial charge in [0.25, 0.3) is 0 Å². The standard InChI is InChI=1S/C6H16N2S2/c1-6(4-8(2)3)5-9-10-7/h6H,4-5,7H2,1-3H3. The molecule has 0 heterocycles. The van der Waals surface area contributed by atoms with Crippen molar-refractivity contribution in [2.45, 2.75) is 6.92 Å². The predicted octanol–water partition coefficient (Wildman–Crippen LogP) is 1.44. The highest BCUT2D eigenvalue weighted by atomic mass is 33.1. The van der Waals surface area contributed by atoms with E-state index in [-0.39, 0.29) is 0 Å². The lowest BCUT2D eigenvalue weighted by Crippen LogP contribution is -2.20. The monoisotopic (exact) mass is 180 g/mol. The fraction of sp³-hybridized carbons (Fsp3) is 1.00. The normalized spacial score (nSPS) is 14.1. The molecule has 0 amide bonds. The van der Waals surface area contributed by atoms with Gasteiger partial charge in [0, 0.05) is 12.3 Å². The van der Waals surface area contributed by atoms with Gasteiger partial charge in [0.15, 0.2) is 0 Å². The van der Waals surface area contributed by atoms with Crippen molar-refractivity contribution in [1.82, 2.24) is 4.90 Å². The molecule has 0 radical (unpaired) electrons. The van der Waals surface area contributed by atoms with E-state index in [0.29, 0.717) is 0 Å². The van der Waals surface area contributed by atoms with Crippen LogP contribution < -0.4 is 5.14 Å². The van der Waals surface area contributed by atoms with Crippen molar-refractivity contribution in [3.05, 3.63) is 0 Å². The summed E-state index contributed by atoms with van der Waals surface area (Å²) in [5.41, 5.74) is 0. The molecule has 0 saturated heterocycles. The molecule has 10 heavy (non-hydrogen) atoms. The van der Waals surface area contributed by atoms with Gasteiger partial charge in [0.2, 0.25) is 0 Å². The van der Waals surface area contributed by atoms with Crippen molar-refractivity contribution in [3.63, 3.8) is 0 Å². The Kier molecular flexibility index (Phi) is 6.73. The second-order valence-electron chi connectivity index (χ2n) is 2.75. The lowest BCUT2D eigenvalue weighted by Gasteiger charge is -2.15. The van der Waals surface area contributed by atoms with E-state index in [4.69, 9.17) is 5.14 Å². The summed E-state index contributed by atoms with van der Waals surface area (Å²) in [6, 6.07) is 0. The lowest BCUT2D eigenvalue weighted by molar-refractivity contribution is 0.357. The van der Waals surface area contributed by atoms with Gasteiger partial charge in [-0.3, -0.25) is 5.14 Å². The minimum Gasteiger partial charge on any atom is -0.309 e. The molecular formula is C6H16N2S2. The van der Waals surface area contributed by atoms with E-state index in [0.717, 1.165) is 18.2 Å². The molecule has 0 aliphatic rings. The van der Waals surface area contributed by atoms with Crippen LogP contribution in [0.1, 0.15) is 6.92 Å². The Morgan fingerprint density at radius 1 is 1.50 bits per heavy atom. The number of rotatable bonds is 5. The first-order valence-corrected chi connectivity index (χ1v) is 5.68. The number of nitrogens with zero attached hydrogens (tertiary/aromatic N) is 1. The van der Waals surface area contributed by atoms with Gasteiger partial charge in [-0.05, 0) is 31.0 Å². The van der Waals surface area contributed by atoms with Crippen LogP contribution in [0.15, 0.2) is 0 Å². The zero-order chi connectivity index (χ0) is 7.98. The molecule has 4 heteroatoms. The molecule has 0 aliphatic carbocycles. The molecule has 1 atom stereocenters. The van der Waals surface area contributed by atoms with Crippen LogP contribution in [0.5, 0.6) is 0 Å². The Morgan fingerprint density at radius 2 is 2.10 bits per heavy atom. The summed E-state index contributed by atoms with van der Waals surface area (Å²) < 4.78 is 0. The fourth-order valence-corrected chi connectivity index (χ4v) is 2.18. The second kappa shape index (κ2) is 6.34. The Labute approximate surface area is 71.4 Å². The van der Waals surface area contributed by atoms with Crippen molar-refractivity contribution >= 4 is 21.8 Å². The lowest BCUT2D eigenvalue weighted by atomic mass is 10.2. The van der Waals surface area contributed by atoms with Crippen LogP contribution in [-0.4, -0.2) is 31.3 Å². The van der Waals surface area contributed by atoms with Crippen LogP contribution in [0, 0.1) is 5.92 Å². The molecule has 0 rings (SSSR count). The van der Waals surface area contributed by atoms with Crippen LogP contribution >= 0.6 is 21.8 Å². The summed E-state index contributed by atoms with van der Waals surface area (Å²) in [4.78, 5) is 2.20. The van der Waals surface area contributed by atoms with Crippen molar-refractivity contribution < 1.29 is 0 Å². The first-order chi connectivity index (χ1) is 4.66. The van der Waals surface area contributed by atoms with Gasteiger partial charge >= 0.3 is 0 Å². The number of nitrogens with two attached hydrogens (primary N) is 1. The van der Waals surface area contributed by atoms with Crippen LogP contribution in [0.4, 0.5) is 0 Å². The highest BCUT2D eigenvalue weighted by molar-refractivity contribution is 8.75. The van der Waals surface area contributed by atoms with E-state index < -0.39 is 0 Å². The van der Waals surface area contributed by atoms with Gasteiger partial charge in [-0.1, -0.05) is 17.7 Å². The average Bonchev–Trinajstić information content (AvgIpc) is 1.82. The summed E-state index contributed by atoms with van der Waals surface area (Å²) >= 11 is 0. The van der Waals surface area contributed by atoms with E-state index in [1.165, 1.54) is 11.0 Å². The van der Waals surface area contributed by atoms with Gasteiger partial charge in [-0.2, -0.15) is 0 Å². The highest BCUT2D eigenvalue weighted by Gasteiger charge is 2.02. The summed E-state index contributed by atoms with van der Waals surface area (Å²) in [7, 11) is 7.27. The Morgan fingerprint density at radius 3 is 2.50 bits per heavy atom. The Bertz CT molecular complexity index is 78.1. The third kappa shape index (κ3) is 6.74. The molecule has 0 aliphatic heterocycles. The maximum Gasteiger partial charge on any atom is 0.00872 e. The van der Waals surface area contributed by atoms with E-state index in [2.05, 4.69) is 25.9 Å². The summed E-state index contributed by atoms with van der Waals surface area (Å²) in [6.45, 7) is 3.39. The maximum absolute atomic E-state index is 5.27. The van der Waals surface area contributed by atoms with Crippen molar-refractivity contribution in [2.75, 3.05) is 26.4 Å². The zero-order valence-corrected chi connectivity index (χ0v) is 8.47. The van der Waals surface area contributed by atoms with E-state index in [1.807, 2.05) is 0 Å². The van der Waals surface area contributed by atoms with Crippen LogP contribution in [0.2, 0.25) is 0 Å². The van der Waals surface area contributed by atoms with Crippen LogP contribution in [0.25, 0.3) is 0 Å². The Balaban J connectivity index is 3.16. The van der Waals surface area contributed by atoms with Crippen molar-refractivity contribution in [1.29, 1.82) is 0 Å². The molecule has 0 fully saturated rings. The van der Waals surface area contributed by atoms with Gasteiger partial charge in [0.1, 0.15) is 0 Å². The second-order valence-corrected chi connectivity index (χ2v) is 4.79. The van der Waals surface area contributed by atoms with Crippen LogP contribution in [0.3, 0.4) is 0 Å². The van der Waals surface area contributed by atoms with E-state index >= 15 is 0 Å². The maximum atomic E-state index is 5.27. The molecule has 0 aromatic heterocycles. The predicted molar refractivity (Wildman–Crippen MR) is 52.0 cm³/mol. The number of hydrogen-bond donors (Lipinski definition) is 1. The summed E-state index contributed by atoms with van der Waals surface area (Å²) in [5.74, 6) is 1.87. The van der Waals surface area contributed by atoms with Gasteiger partial charge in [-0.15, -0.1) is 0 Å². The summed E-state index contributed by atoms with van der Waals surface area (Å²) in [5, 5.41) is 5.27. The largest absolute Gasteiger partial charge is 0.309 e. The molecule has 62 valence electrons. The van der Waals surface area contributed by atoms with E-state index in [1.54, 1.807) is 10.8 Å². The molecule has 0 aromatic carbocycles. The van der Waals surface area contributed by atoms with Crippen molar-refractivity contribution in [3.8, 4) is 0 Å². The quantitative estimate of drug-likeness (QED) is 0.512. The molecule has 0 spiro atoms. The fourth-order valence-electron chi connectivity index (χ4n) is 0.831. The van der Waals surface area contributed by atoms with Gasteiger partial charge in [0.05, 0.1) is 0 Å². The van der Waals surface area contributed by atoms with Crippen molar-refractivity contribution in [2.24, 2.45) is 11.1 Å². The molecule has 2 N–H and O–H groups in total. The zero-order valence-electron chi connectivity index (χ0n) is 6.83. The minimum atomic E-state index is 0.732. The third-order valence-corrected chi connectivity index (χ3v) is 2.76. The smallest absolute Gasteiger partial charge is 0.00872 e. The molecular weight excluding hydrogens is 164 g/mol. The molecule has 0 saturated carbocycles. The molecule has 2 nitrogen and oxygen atoms in total. The Hall–Kier alpha value is 0.620. The van der Waals surface area contributed by atoms with Gasteiger partial charge in [-0.25, -0.2) is 0 Å². The van der Waals surface area contributed by atoms with Crippen LogP contribution in [-0.2, 0) is 0 Å². The molecule has 0 aromatic rings. The average molecular weight is 180 g/mol. The van der Waals surface area contributed by atoms with E-state index in [9.17, 15) is 0 Å². The third-order valence-electron chi connectivity index (χ3n) is 1.10. The topological polar surface area (TPSA) is 29.3 Å². The van der Waals surface area contributed by atoms with Gasteiger partial charge < -0.3 is 4.90 Å². The first-order valence-electron chi connectivity index (χ1n) is 3.30. The first kappa shape index (κ1) is 10.6. The molecule has 0 bridgehead atoms.